The zero-order valence-corrected chi connectivity index (χ0v) is 10.3. The molecule has 0 saturated heterocycles. The molecule has 18 heavy (non-hydrogen) atoms. The van der Waals surface area contributed by atoms with Gasteiger partial charge in [-0.25, -0.2) is 4.79 Å². The van der Waals surface area contributed by atoms with Crippen LogP contribution in [0.3, 0.4) is 0 Å². The molecule has 0 aliphatic carbocycles. The van der Waals surface area contributed by atoms with Crippen molar-refractivity contribution in [2.45, 2.75) is 19.9 Å². The van der Waals surface area contributed by atoms with Crippen molar-refractivity contribution in [1.82, 2.24) is 10.6 Å². The summed E-state index contributed by atoms with van der Waals surface area (Å²) in [6, 6.07) is 6.91. The van der Waals surface area contributed by atoms with Crippen LogP contribution in [0.4, 0.5) is 4.79 Å². The molecule has 2 amide bonds. The number of benzene rings is 1. The van der Waals surface area contributed by atoms with E-state index >= 15 is 0 Å². The van der Waals surface area contributed by atoms with Gasteiger partial charge in [-0.05, 0) is 12.0 Å². The summed E-state index contributed by atoms with van der Waals surface area (Å²) in [5.74, 6) is 0.0650. The summed E-state index contributed by atoms with van der Waals surface area (Å²) in [6.45, 7) is 3.09. The van der Waals surface area contributed by atoms with Crippen LogP contribution in [0.5, 0.6) is 0 Å². The summed E-state index contributed by atoms with van der Waals surface area (Å²) in [5.41, 5.74) is 7.02. The Morgan fingerprint density at radius 2 is 2.00 bits per heavy atom. The van der Waals surface area contributed by atoms with Crippen molar-refractivity contribution in [3.63, 3.8) is 0 Å². The molecule has 0 fully saturated rings. The highest BCUT2D eigenvalue weighted by Crippen LogP contribution is 2.03. The summed E-state index contributed by atoms with van der Waals surface area (Å²) < 4.78 is 0. The van der Waals surface area contributed by atoms with Crippen molar-refractivity contribution < 1.29 is 10.0 Å². The third kappa shape index (κ3) is 4.32. The van der Waals surface area contributed by atoms with Gasteiger partial charge in [-0.3, -0.25) is 0 Å². The van der Waals surface area contributed by atoms with Crippen LogP contribution < -0.4 is 16.4 Å². The van der Waals surface area contributed by atoms with Crippen LogP contribution >= 0.6 is 0 Å². The van der Waals surface area contributed by atoms with Gasteiger partial charge in [0.1, 0.15) is 0 Å². The second-order valence-electron chi connectivity index (χ2n) is 3.79. The molecule has 1 aromatic carbocycles. The maximum Gasteiger partial charge on any atom is 0.315 e. The lowest BCUT2D eigenvalue weighted by Crippen LogP contribution is -2.35. The largest absolute Gasteiger partial charge is 0.409 e. The SMILES string of the molecule is CCCNC(=O)NCc1ccc(C(N)=NO)cc1. The Balaban J connectivity index is 2.47. The van der Waals surface area contributed by atoms with Gasteiger partial charge >= 0.3 is 6.03 Å². The zero-order chi connectivity index (χ0) is 13.4. The summed E-state index contributed by atoms with van der Waals surface area (Å²) in [6.07, 6.45) is 0.905. The van der Waals surface area contributed by atoms with E-state index in [-0.39, 0.29) is 11.9 Å². The molecule has 1 aromatic rings. The summed E-state index contributed by atoms with van der Waals surface area (Å²) in [7, 11) is 0. The highest BCUT2D eigenvalue weighted by molar-refractivity contribution is 5.96. The molecule has 0 unspecified atom stereocenters. The number of hydrogen-bond donors (Lipinski definition) is 4. The molecular weight excluding hydrogens is 232 g/mol. The minimum Gasteiger partial charge on any atom is -0.409 e. The third-order valence-electron chi connectivity index (χ3n) is 2.35. The van der Waals surface area contributed by atoms with Crippen molar-refractivity contribution in [2.75, 3.05) is 6.54 Å². The molecule has 0 aliphatic heterocycles. The standard InChI is InChI=1S/C12H18N4O2/c1-2-7-14-12(17)15-8-9-3-5-10(6-4-9)11(13)16-18/h3-6,18H,2,7-8H2,1H3,(H2,13,16)(H2,14,15,17). The highest BCUT2D eigenvalue weighted by atomic mass is 16.4. The van der Waals surface area contributed by atoms with E-state index in [0.717, 1.165) is 12.0 Å². The number of amides is 2. The van der Waals surface area contributed by atoms with E-state index in [0.29, 0.717) is 18.7 Å². The first kappa shape index (κ1) is 13.8. The Bertz CT molecular complexity index is 415. The Hall–Kier alpha value is -2.24. The van der Waals surface area contributed by atoms with Gasteiger partial charge in [0.05, 0.1) is 0 Å². The van der Waals surface area contributed by atoms with Crippen molar-refractivity contribution in [3.05, 3.63) is 35.4 Å². The van der Waals surface area contributed by atoms with Gasteiger partial charge in [0.2, 0.25) is 0 Å². The monoisotopic (exact) mass is 250 g/mol. The molecule has 5 N–H and O–H groups in total. The molecule has 0 saturated carbocycles. The van der Waals surface area contributed by atoms with Crippen molar-refractivity contribution in [3.8, 4) is 0 Å². The normalized spacial score (nSPS) is 11.1. The number of amidine groups is 1. The first-order chi connectivity index (χ1) is 8.67. The van der Waals surface area contributed by atoms with E-state index in [4.69, 9.17) is 10.9 Å². The molecule has 0 spiro atoms. The van der Waals surface area contributed by atoms with Crippen LogP contribution in [-0.2, 0) is 6.54 Å². The topological polar surface area (TPSA) is 99.7 Å². The number of nitrogens with zero attached hydrogens (tertiary/aromatic N) is 1. The number of nitrogens with two attached hydrogens (primary N) is 1. The molecule has 1 rings (SSSR count). The predicted molar refractivity (Wildman–Crippen MR) is 69.5 cm³/mol. The summed E-state index contributed by atoms with van der Waals surface area (Å²) >= 11 is 0. The Morgan fingerprint density at radius 1 is 1.33 bits per heavy atom. The van der Waals surface area contributed by atoms with Crippen molar-refractivity contribution in [2.24, 2.45) is 10.9 Å². The van der Waals surface area contributed by atoms with Crippen LogP contribution in [0.1, 0.15) is 24.5 Å². The maximum atomic E-state index is 11.3. The van der Waals surface area contributed by atoms with Gasteiger partial charge < -0.3 is 21.6 Å². The zero-order valence-electron chi connectivity index (χ0n) is 10.3. The van der Waals surface area contributed by atoms with E-state index in [1.165, 1.54) is 0 Å². The van der Waals surface area contributed by atoms with E-state index in [1.807, 2.05) is 19.1 Å². The van der Waals surface area contributed by atoms with Crippen LogP contribution in [0.15, 0.2) is 29.4 Å². The average molecular weight is 250 g/mol. The second kappa shape index (κ2) is 7.16. The summed E-state index contributed by atoms with van der Waals surface area (Å²) in [5, 5.41) is 16.9. The van der Waals surface area contributed by atoms with Gasteiger partial charge in [-0.1, -0.05) is 36.3 Å². The average Bonchev–Trinajstić information content (AvgIpc) is 2.42. The van der Waals surface area contributed by atoms with E-state index < -0.39 is 0 Å². The minimum atomic E-state index is -0.183. The number of urea groups is 1. The molecule has 0 radical (unpaired) electrons. The molecule has 0 heterocycles. The highest BCUT2D eigenvalue weighted by Gasteiger charge is 2.01. The van der Waals surface area contributed by atoms with Crippen LogP contribution in [0, 0.1) is 0 Å². The quantitative estimate of drug-likeness (QED) is 0.271. The number of nitrogens with one attached hydrogen (secondary N) is 2. The predicted octanol–water partition coefficient (Wildman–Crippen LogP) is 0.990. The maximum absolute atomic E-state index is 11.3. The molecule has 0 atom stereocenters. The molecular formula is C12H18N4O2. The van der Waals surface area contributed by atoms with E-state index in [2.05, 4.69) is 15.8 Å². The minimum absolute atomic E-state index is 0.0650. The smallest absolute Gasteiger partial charge is 0.315 e. The number of oxime groups is 1. The lowest BCUT2D eigenvalue weighted by molar-refractivity contribution is 0.240. The fourth-order valence-corrected chi connectivity index (χ4v) is 1.33. The molecule has 0 aromatic heterocycles. The lowest BCUT2D eigenvalue weighted by atomic mass is 10.1. The second-order valence-corrected chi connectivity index (χ2v) is 3.79. The van der Waals surface area contributed by atoms with E-state index in [9.17, 15) is 4.79 Å². The molecule has 98 valence electrons. The Kier molecular flexibility index (Phi) is 5.50. The third-order valence-corrected chi connectivity index (χ3v) is 2.35. The molecule has 6 heteroatoms. The molecule has 0 bridgehead atoms. The molecule has 6 nitrogen and oxygen atoms in total. The van der Waals surface area contributed by atoms with Gasteiger partial charge in [-0.2, -0.15) is 0 Å². The molecule has 0 aliphatic rings. The van der Waals surface area contributed by atoms with Crippen LogP contribution in [-0.4, -0.2) is 23.6 Å². The number of hydrogen-bond acceptors (Lipinski definition) is 3. The number of carbonyl (C=O) groups excluding carboxylic acids is 1. The van der Waals surface area contributed by atoms with Gasteiger partial charge in [0.15, 0.2) is 5.84 Å². The fourth-order valence-electron chi connectivity index (χ4n) is 1.33. The van der Waals surface area contributed by atoms with Gasteiger partial charge in [0, 0.05) is 18.7 Å². The Morgan fingerprint density at radius 3 is 2.56 bits per heavy atom. The first-order valence-corrected chi connectivity index (χ1v) is 5.76. The lowest BCUT2D eigenvalue weighted by Gasteiger charge is -2.07. The summed E-state index contributed by atoms with van der Waals surface area (Å²) in [4.78, 5) is 11.3. The van der Waals surface area contributed by atoms with Crippen LogP contribution in [0.25, 0.3) is 0 Å². The first-order valence-electron chi connectivity index (χ1n) is 5.76. The van der Waals surface area contributed by atoms with Gasteiger partial charge in [-0.15, -0.1) is 0 Å². The Labute approximate surface area is 106 Å². The van der Waals surface area contributed by atoms with Crippen molar-refractivity contribution >= 4 is 11.9 Å². The van der Waals surface area contributed by atoms with Gasteiger partial charge in [0.25, 0.3) is 0 Å². The fraction of sp³-hybridized carbons (Fsp3) is 0.333. The number of rotatable bonds is 5. The van der Waals surface area contributed by atoms with Crippen LogP contribution in [0.2, 0.25) is 0 Å². The van der Waals surface area contributed by atoms with E-state index in [1.54, 1.807) is 12.1 Å². The number of carbonyl (C=O) groups is 1. The van der Waals surface area contributed by atoms with Crippen molar-refractivity contribution in [1.29, 1.82) is 0 Å².